The molecule has 4 N–H and O–H groups in total. The zero-order valence-electron chi connectivity index (χ0n) is 26.1. The molecule has 3 rings (SSSR count). The fourth-order valence-electron chi connectivity index (χ4n) is 3.71. The first-order valence-corrected chi connectivity index (χ1v) is 14.4. The molecule has 0 aliphatic rings. The number of rotatable bonds is 12. The highest BCUT2D eigenvalue weighted by Gasteiger charge is 2.11. The van der Waals surface area contributed by atoms with E-state index in [0.29, 0.717) is 33.6 Å². The quantitative estimate of drug-likeness (QED) is 0.146. The average molecular weight is 615 g/mol. The SMILES string of the molecule is C#CC.C\C=C/C(=C\C=C\NC(=O)c1cccc(C(=O)NC(/C=C\CNC(=O)c2ccccc2)=C/C)c1)NC(=O)c1ccccc1. The third-order valence-corrected chi connectivity index (χ3v) is 5.90. The van der Waals surface area contributed by atoms with E-state index in [9.17, 15) is 19.2 Å². The topological polar surface area (TPSA) is 116 Å². The molecular weight excluding hydrogens is 576 g/mol. The zero-order valence-corrected chi connectivity index (χ0v) is 26.1. The maximum Gasteiger partial charge on any atom is 0.255 e. The van der Waals surface area contributed by atoms with Gasteiger partial charge in [0.05, 0.1) is 0 Å². The van der Waals surface area contributed by atoms with Crippen LogP contribution in [-0.2, 0) is 0 Å². The predicted octanol–water partition coefficient (Wildman–Crippen LogP) is 6.08. The lowest BCUT2D eigenvalue weighted by molar-refractivity contribution is 0.0950. The Morgan fingerprint density at radius 3 is 1.80 bits per heavy atom. The molecule has 0 bridgehead atoms. The molecule has 3 aromatic rings. The van der Waals surface area contributed by atoms with Crippen molar-refractivity contribution in [1.29, 1.82) is 0 Å². The summed E-state index contributed by atoms with van der Waals surface area (Å²) in [5.41, 5.74) is 2.79. The van der Waals surface area contributed by atoms with E-state index < -0.39 is 5.91 Å². The number of benzene rings is 3. The fraction of sp³-hybridized carbons (Fsp3) is 0.105. The van der Waals surface area contributed by atoms with Crippen molar-refractivity contribution < 1.29 is 19.2 Å². The molecule has 0 aliphatic carbocycles. The van der Waals surface area contributed by atoms with E-state index in [1.807, 2.05) is 19.1 Å². The molecule has 234 valence electrons. The third kappa shape index (κ3) is 13.0. The third-order valence-electron chi connectivity index (χ3n) is 5.90. The molecule has 0 radical (unpaired) electrons. The highest BCUT2D eigenvalue weighted by molar-refractivity contribution is 6.00. The summed E-state index contributed by atoms with van der Waals surface area (Å²) in [6, 6.07) is 24.1. The van der Waals surface area contributed by atoms with Crippen LogP contribution in [0.2, 0.25) is 0 Å². The van der Waals surface area contributed by atoms with Gasteiger partial charge in [-0.25, -0.2) is 0 Å². The van der Waals surface area contributed by atoms with Crippen LogP contribution in [0.3, 0.4) is 0 Å². The first-order chi connectivity index (χ1) is 22.3. The first kappa shape index (κ1) is 36.0. The van der Waals surface area contributed by atoms with E-state index in [2.05, 4.69) is 33.6 Å². The molecule has 0 heterocycles. The Bertz CT molecular complexity index is 1660. The number of terminal acetylenes is 1. The molecule has 3 aromatic carbocycles. The van der Waals surface area contributed by atoms with Crippen molar-refractivity contribution in [2.45, 2.75) is 20.8 Å². The van der Waals surface area contributed by atoms with Crippen LogP contribution in [0.25, 0.3) is 0 Å². The van der Waals surface area contributed by atoms with E-state index in [1.165, 1.54) is 12.3 Å². The van der Waals surface area contributed by atoms with Gasteiger partial charge in [-0.1, -0.05) is 60.7 Å². The van der Waals surface area contributed by atoms with Crippen molar-refractivity contribution in [3.05, 3.63) is 167 Å². The van der Waals surface area contributed by atoms with Crippen molar-refractivity contribution in [3.63, 3.8) is 0 Å². The van der Waals surface area contributed by atoms with Crippen LogP contribution in [-0.4, -0.2) is 30.2 Å². The van der Waals surface area contributed by atoms with E-state index >= 15 is 0 Å². The molecule has 0 aliphatic heterocycles. The Labute approximate surface area is 270 Å². The molecular formula is C38H38N4O4. The lowest BCUT2D eigenvalue weighted by Crippen LogP contribution is -2.24. The van der Waals surface area contributed by atoms with E-state index in [4.69, 9.17) is 0 Å². The van der Waals surface area contributed by atoms with E-state index in [1.54, 1.807) is 123 Å². The minimum atomic E-state index is -0.402. The largest absolute Gasteiger partial charge is 0.349 e. The number of amides is 4. The Morgan fingerprint density at radius 2 is 1.22 bits per heavy atom. The number of nitrogens with one attached hydrogen (secondary N) is 4. The van der Waals surface area contributed by atoms with Crippen molar-refractivity contribution in [3.8, 4) is 12.3 Å². The minimum Gasteiger partial charge on any atom is -0.349 e. The van der Waals surface area contributed by atoms with Crippen molar-refractivity contribution in [2.24, 2.45) is 0 Å². The van der Waals surface area contributed by atoms with Crippen molar-refractivity contribution in [1.82, 2.24) is 21.3 Å². The Hall–Kier alpha value is -6.20. The highest BCUT2D eigenvalue weighted by Crippen LogP contribution is 2.07. The van der Waals surface area contributed by atoms with Gasteiger partial charge in [-0.2, -0.15) is 0 Å². The van der Waals surface area contributed by atoms with Gasteiger partial charge in [0.25, 0.3) is 23.6 Å². The predicted molar refractivity (Wildman–Crippen MR) is 183 cm³/mol. The summed E-state index contributed by atoms with van der Waals surface area (Å²) >= 11 is 0. The summed E-state index contributed by atoms with van der Waals surface area (Å²) in [6.07, 6.45) is 18.0. The summed E-state index contributed by atoms with van der Waals surface area (Å²) in [5, 5.41) is 11.1. The van der Waals surface area contributed by atoms with Crippen LogP contribution < -0.4 is 21.3 Å². The van der Waals surface area contributed by atoms with Crippen LogP contribution >= 0.6 is 0 Å². The van der Waals surface area contributed by atoms with Gasteiger partial charge in [-0.3, -0.25) is 19.2 Å². The molecule has 0 spiro atoms. The van der Waals surface area contributed by atoms with Crippen LogP contribution in [0.1, 0.15) is 62.2 Å². The number of hydrogen-bond donors (Lipinski definition) is 4. The van der Waals surface area contributed by atoms with Crippen LogP contribution in [0.4, 0.5) is 0 Å². The second-order valence-corrected chi connectivity index (χ2v) is 9.32. The van der Waals surface area contributed by atoms with Crippen molar-refractivity contribution >= 4 is 23.6 Å². The molecule has 46 heavy (non-hydrogen) atoms. The Morgan fingerprint density at radius 1 is 0.696 bits per heavy atom. The number of carbonyl (C=O) groups excluding carboxylic acids is 4. The standard InChI is InChI=1S/C35H34N4O4.C3H4/c1-3-14-31(39-34(42)27-17-9-6-10-18-27)22-13-24-37-33(41)28-19-11-20-29(25-28)35(43)38-30(4-2)21-12-23-36-32(40)26-15-7-5-8-16-26;1-3-2/h3-22,24-25H,23H2,1-2H3,(H,36,40)(H,37,41)(H,38,43)(H,39,42);1H,2H3/b14-3-,21-12-,24-13+,30-4+,31-22+;. The molecule has 0 saturated carbocycles. The number of hydrogen-bond acceptors (Lipinski definition) is 4. The Kier molecular flexibility index (Phi) is 16.2. The summed E-state index contributed by atoms with van der Waals surface area (Å²) in [6.45, 7) is 5.55. The first-order valence-electron chi connectivity index (χ1n) is 14.4. The van der Waals surface area contributed by atoms with Crippen LogP contribution in [0.5, 0.6) is 0 Å². The van der Waals surface area contributed by atoms with Crippen molar-refractivity contribution in [2.75, 3.05) is 6.54 Å². The summed E-state index contributed by atoms with van der Waals surface area (Å²) in [7, 11) is 0. The molecule has 0 unspecified atom stereocenters. The summed E-state index contributed by atoms with van der Waals surface area (Å²) < 4.78 is 0. The molecule has 0 atom stereocenters. The van der Waals surface area contributed by atoms with Gasteiger partial charge in [0.2, 0.25) is 0 Å². The van der Waals surface area contributed by atoms with Gasteiger partial charge in [-0.05, 0) is 87.5 Å². The fourth-order valence-corrected chi connectivity index (χ4v) is 3.71. The lowest BCUT2D eigenvalue weighted by atomic mass is 10.1. The Balaban J connectivity index is 0.00000236. The highest BCUT2D eigenvalue weighted by atomic mass is 16.2. The molecule has 4 amide bonds. The number of allylic oxidation sites excluding steroid dienone is 6. The van der Waals surface area contributed by atoms with Gasteiger partial charge in [0, 0.05) is 46.4 Å². The molecule has 8 nitrogen and oxygen atoms in total. The molecule has 0 aromatic heterocycles. The second kappa shape index (κ2) is 20.7. The van der Waals surface area contributed by atoms with Crippen LogP contribution in [0, 0.1) is 12.3 Å². The average Bonchev–Trinajstić information content (AvgIpc) is 3.08. The number of carbonyl (C=O) groups is 4. The van der Waals surface area contributed by atoms with Gasteiger partial charge < -0.3 is 21.3 Å². The van der Waals surface area contributed by atoms with Gasteiger partial charge >= 0.3 is 0 Å². The smallest absolute Gasteiger partial charge is 0.255 e. The lowest BCUT2D eigenvalue weighted by Gasteiger charge is -2.08. The van der Waals surface area contributed by atoms with E-state index in [-0.39, 0.29) is 24.3 Å². The summed E-state index contributed by atoms with van der Waals surface area (Å²) in [4.78, 5) is 50.1. The molecule has 0 fully saturated rings. The maximum absolute atomic E-state index is 12.9. The molecule has 8 heteroatoms. The molecule has 0 saturated heterocycles. The zero-order chi connectivity index (χ0) is 33.6. The van der Waals surface area contributed by atoms with Gasteiger partial charge in [-0.15, -0.1) is 12.3 Å². The second-order valence-electron chi connectivity index (χ2n) is 9.32. The van der Waals surface area contributed by atoms with Gasteiger partial charge in [0.1, 0.15) is 0 Å². The maximum atomic E-state index is 12.9. The minimum absolute atomic E-state index is 0.190. The van der Waals surface area contributed by atoms with E-state index in [0.717, 1.165) is 0 Å². The van der Waals surface area contributed by atoms with Gasteiger partial charge in [0.15, 0.2) is 0 Å². The normalized spacial score (nSPS) is 11.3. The van der Waals surface area contributed by atoms with Crippen LogP contribution in [0.15, 0.2) is 145 Å². The monoisotopic (exact) mass is 614 g/mol. The summed E-state index contributed by atoms with van der Waals surface area (Å²) in [5.74, 6) is 1.03.